The van der Waals surface area contributed by atoms with Gasteiger partial charge < -0.3 is 19.3 Å². The minimum atomic E-state index is -1.00. The van der Waals surface area contributed by atoms with Gasteiger partial charge in [0.2, 0.25) is 5.88 Å². The van der Waals surface area contributed by atoms with Crippen molar-refractivity contribution >= 4 is 5.97 Å². The molecule has 0 amide bonds. The normalized spacial score (nSPS) is 19.1. The van der Waals surface area contributed by atoms with Crippen LogP contribution in [0, 0.1) is 0 Å². The van der Waals surface area contributed by atoms with E-state index in [1.807, 2.05) is 0 Å². The average molecular weight is 267 g/mol. The van der Waals surface area contributed by atoms with Gasteiger partial charge in [0, 0.05) is 18.9 Å². The SMILES string of the molecule is O=C(O)c1ccc(OCCOC2CCCCO2)nc1. The first kappa shape index (κ1) is 13.8. The highest BCUT2D eigenvalue weighted by atomic mass is 16.7. The highest BCUT2D eigenvalue weighted by Crippen LogP contribution is 2.13. The Labute approximate surface area is 111 Å². The van der Waals surface area contributed by atoms with Gasteiger partial charge in [0.05, 0.1) is 12.2 Å². The lowest BCUT2D eigenvalue weighted by atomic mass is 10.2. The number of nitrogens with zero attached hydrogens (tertiary/aromatic N) is 1. The van der Waals surface area contributed by atoms with Gasteiger partial charge >= 0.3 is 5.97 Å². The van der Waals surface area contributed by atoms with Crippen molar-refractivity contribution in [2.45, 2.75) is 25.6 Å². The van der Waals surface area contributed by atoms with Gasteiger partial charge in [-0.1, -0.05) is 0 Å². The molecule has 2 rings (SSSR count). The monoisotopic (exact) mass is 267 g/mol. The molecule has 0 aliphatic carbocycles. The second kappa shape index (κ2) is 7.06. The van der Waals surface area contributed by atoms with E-state index < -0.39 is 5.97 Å². The fraction of sp³-hybridized carbons (Fsp3) is 0.538. The molecule has 2 heterocycles. The van der Waals surface area contributed by atoms with Crippen LogP contribution in [-0.2, 0) is 9.47 Å². The summed E-state index contributed by atoms with van der Waals surface area (Å²) in [5, 5.41) is 8.72. The molecule has 1 aliphatic rings. The summed E-state index contributed by atoms with van der Waals surface area (Å²) in [6, 6.07) is 2.98. The Morgan fingerprint density at radius 2 is 2.32 bits per heavy atom. The highest BCUT2D eigenvalue weighted by Gasteiger charge is 2.13. The average Bonchev–Trinajstić information content (AvgIpc) is 2.45. The van der Waals surface area contributed by atoms with Gasteiger partial charge in [0.25, 0.3) is 0 Å². The number of aromatic nitrogens is 1. The van der Waals surface area contributed by atoms with Crippen LogP contribution in [0.4, 0.5) is 0 Å². The van der Waals surface area contributed by atoms with Gasteiger partial charge in [0.1, 0.15) is 6.61 Å². The first-order valence-corrected chi connectivity index (χ1v) is 6.31. The summed E-state index contributed by atoms with van der Waals surface area (Å²) >= 11 is 0. The standard InChI is InChI=1S/C13H17NO5/c15-13(16)10-4-5-11(14-9-10)17-7-8-19-12-3-1-2-6-18-12/h4-5,9,12H,1-3,6-8H2,(H,15,16). The number of aromatic carboxylic acids is 1. The largest absolute Gasteiger partial charge is 0.478 e. The van der Waals surface area contributed by atoms with E-state index >= 15 is 0 Å². The zero-order valence-electron chi connectivity index (χ0n) is 10.6. The van der Waals surface area contributed by atoms with Crippen LogP contribution in [-0.4, -0.2) is 42.2 Å². The summed E-state index contributed by atoms with van der Waals surface area (Å²) in [6.45, 7) is 1.54. The summed E-state index contributed by atoms with van der Waals surface area (Å²) in [5.41, 5.74) is 0.138. The molecule has 1 unspecified atom stereocenters. The number of hydrogen-bond acceptors (Lipinski definition) is 5. The van der Waals surface area contributed by atoms with Crippen molar-refractivity contribution in [3.63, 3.8) is 0 Å². The molecule has 1 aromatic heterocycles. The fourth-order valence-corrected chi connectivity index (χ4v) is 1.76. The van der Waals surface area contributed by atoms with Crippen LogP contribution in [0.3, 0.4) is 0 Å². The van der Waals surface area contributed by atoms with Gasteiger partial charge in [-0.05, 0) is 25.3 Å². The van der Waals surface area contributed by atoms with Crippen LogP contribution >= 0.6 is 0 Å². The maximum absolute atomic E-state index is 10.6. The number of carboxylic acids is 1. The van der Waals surface area contributed by atoms with Crippen LogP contribution in [0.2, 0.25) is 0 Å². The van der Waals surface area contributed by atoms with Crippen molar-refractivity contribution in [1.82, 2.24) is 4.98 Å². The second-order valence-electron chi connectivity index (χ2n) is 4.21. The molecule has 0 radical (unpaired) electrons. The maximum atomic E-state index is 10.6. The number of ether oxygens (including phenoxy) is 3. The molecule has 1 saturated heterocycles. The van der Waals surface area contributed by atoms with Crippen molar-refractivity contribution in [2.24, 2.45) is 0 Å². The summed E-state index contributed by atoms with van der Waals surface area (Å²) in [7, 11) is 0. The Kier molecular flexibility index (Phi) is 5.11. The van der Waals surface area contributed by atoms with Crippen LogP contribution in [0.25, 0.3) is 0 Å². The quantitative estimate of drug-likeness (QED) is 0.790. The molecule has 0 spiro atoms. The van der Waals surface area contributed by atoms with Crippen molar-refractivity contribution in [2.75, 3.05) is 19.8 Å². The van der Waals surface area contributed by atoms with Crippen LogP contribution in [0.15, 0.2) is 18.3 Å². The Balaban J connectivity index is 1.66. The second-order valence-corrected chi connectivity index (χ2v) is 4.21. The Bertz CT molecular complexity index is 400. The summed E-state index contributed by atoms with van der Waals surface area (Å²) in [5.74, 6) is -0.616. The number of pyridine rings is 1. The molecule has 0 saturated carbocycles. The maximum Gasteiger partial charge on any atom is 0.337 e. The van der Waals surface area contributed by atoms with Crippen LogP contribution < -0.4 is 4.74 Å². The zero-order chi connectivity index (χ0) is 13.5. The lowest BCUT2D eigenvalue weighted by Gasteiger charge is -2.22. The lowest BCUT2D eigenvalue weighted by molar-refractivity contribution is -0.165. The van der Waals surface area contributed by atoms with E-state index in [2.05, 4.69) is 4.98 Å². The molecule has 6 heteroatoms. The van der Waals surface area contributed by atoms with Crippen molar-refractivity contribution in [1.29, 1.82) is 0 Å². The lowest BCUT2D eigenvalue weighted by Crippen LogP contribution is -2.24. The molecular weight excluding hydrogens is 250 g/mol. The minimum absolute atomic E-state index is 0.125. The van der Waals surface area contributed by atoms with Crippen molar-refractivity contribution in [3.8, 4) is 5.88 Å². The summed E-state index contributed by atoms with van der Waals surface area (Å²) in [6.07, 6.45) is 4.29. The predicted molar refractivity (Wildman–Crippen MR) is 66.2 cm³/mol. The molecule has 1 N–H and O–H groups in total. The third-order valence-corrected chi connectivity index (χ3v) is 2.76. The molecule has 1 aromatic rings. The number of carboxylic acid groups (broad SMARTS) is 1. The molecule has 19 heavy (non-hydrogen) atoms. The third kappa shape index (κ3) is 4.50. The third-order valence-electron chi connectivity index (χ3n) is 2.76. The topological polar surface area (TPSA) is 77.9 Å². The zero-order valence-corrected chi connectivity index (χ0v) is 10.6. The Morgan fingerprint density at radius 3 is 2.95 bits per heavy atom. The van der Waals surface area contributed by atoms with E-state index in [1.54, 1.807) is 0 Å². The van der Waals surface area contributed by atoms with Crippen LogP contribution in [0.5, 0.6) is 5.88 Å². The van der Waals surface area contributed by atoms with Gasteiger partial charge in [0.15, 0.2) is 6.29 Å². The Morgan fingerprint density at radius 1 is 1.42 bits per heavy atom. The van der Waals surface area contributed by atoms with Gasteiger partial charge in [-0.25, -0.2) is 9.78 Å². The first-order chi connectivity index (χ1) is 9.25. The van der Waals surface area contributed by atoms with E-state index in [-0.39, 0.29) is 11.9 Å². The molecule has 0 aromatic carbocycles. The molecule has 104 valence electrons. The molecule has 6 nitrogen and oxygen atoms in total. The van der Waals surface area contributed by atoms with Crippen LogP contribution in [0.1, 0.15) is 29.6 Å². The van der Waals surface area contributed by atoms with E-state index in [9.17, 15) is 4.79 Å². The van der Waals surface area contributed by atoms with E-state index in [4.69, 9.17) is 19.3 Å². The smallest absolute Gasteiger partial charge is 0.337 e. The fourth-order valence-electron chi connectivity index (χ4n) is 1.76. The van der Waals surface area contributed by atoms with E-state index in [0.29, 0.717) is 19.1 Å². The van der Waals surface area contributed by atoms with E-state index in [0.717, 1.165) is 25.9 Å². The minimum Gasteiger partial charge on any atom is -0.478 e. The number of rotatable bonds is 6. The van der Waals surface area contributed by atoms with Gasteiger partial charge in [-0.3, -0.25) is 0 Å². The summed E-state index contributed by atoms with van der Waals surface area (Å²) in [4.78, 5) is 14.5. The number of carbonyl (C=O) groups is 1. The number of hydrogen-bond donors (Lipinski definition) is 1. The molecule has 1 fully saturated rings. The van der Waals surface area contributed by atoms with E-state index in [1.165, 1.54) is 18.3 Å². The Hall–Kier alpha value is -1.66. The molecule has 1 atom stereocenters. The van der Waals surface area contributed by atoms with Crippen molar-refractivity contribution in [3.05, 3.63) is 23.9 Å². The highest BCUT2D eigenvalue weighted by molar-refractivity contribution is 5.87. The molecular formula is C13H17NO5. The molecule has 1 aliphatic heterocycles. The van der Waals surface area contributed by atoms with Gasteiger partial charge in [-0.15, -0.1) is 0 Å². The van der Waals surface area contributed by atoms with Gasteiger partial charge in [-0.2, -0.15) is 0 Å². The first-order valence-electron chi connectivity index (χ1n) is 6.31. The predicted octanol–water partition coefficient (Wildman–Crippen LogP) is 1.70. The molecule has 0 bridgehead atoms. The summed E-state index contributed by atoms with van der Waals surface area (Å²) < 4.78 is 16.3. The van der Waals surface area contributed by atoms with Crippen molar-refractivity contribution < 1.29 is 24.1 Å².